The number of hydrogen-bond donors (Lipinski definition) is 0. The van der Waals surface area contributed by atoms with E-state index >= 15 is 0 Å². The summed E-state index contributed by atoms with van der Waals surface area (Å²) in [6.45, 7) is 8.71. The van der Waals surface area contributed by atoms with Gasteiger partial charge in [-0.15, -0.1) is 0 Å². The molecule has 0 atom stereocenters. The van der Waals surface area contributed by atoms with Crippen molar-refractivity contribution in [1.29, 1.82) is 0 Å². The third kappa shape index (κ3) is 2.65. The van der Waals surface area contributed by atoms with E-state index in [0.29, 0.717) is 0 Å². The minimum Gasteiger partial charge on any atom is -0.357 e. The van der Waals surface area contributed by atoms with Gasteiger partial charge in [-0.1, -0.05) is 24.6 Å². The van der Waals surface area contributed by atoms with E-state index in [1.54, 1.807) is 0 Å². The molecule has 1 aromatic carbocycles. The first kappa shape index (κ1) is 15.1. The summed E-state index contributed by atoms with van der Waals surface area (Å²) in [5.41, 5.74) is 5.32. The van der Waals surface area contributed by atoms with E-state index in [4.69, 9.17) is 5.10 Å². The first-order chi connectivity index (χ1) is 10.8. The van der Waals surface area contributed by atoms with Crippen molar-refractivity contribution < 1.29 is 0 Å². The smallest absolute Gasteiger partial charge is 0.135 e. The molecule has 0 aliphatic heterocycles. The van der Waals surface area contributed by atoms with E-state index in [9.17, 15) is 0 Å². The number of benzene rings is 1. The summed E-state index contributed by atoms with van der Waals surface area (Å²) in [6.07, 6.45) is 6.20. The van der Waals surface area contributed by atoms with Crippen molar-refractivity contribution in [3.63, 3.8) is 0 Å². The van der Waals surface area contributed by atoms with E-state index in [-0.39, 0.29) is 0 Å². The Labute approximate surface area is 133 Å². The fraction of sp³-hybridized carbons (Fsp3) is 0.526. The van der Waals surface area contributed by atoms with Gasteiger partial charge in [0.05, 0.1) is 11.4 Å². The Kier molecular flexibility index (Phi) is 4.51. The number of aromatic nitrogens is 2. The van der Waals surface area contributed by atoms with Gasteiger partial charge in [-0.3, -0.25) is 0 Å². The van der Waals surface area contributed by atoms with Crippen molar-refractivity contribution in [1.82, 2.24) is 9.78 Å². The van der Waals surface area contributed by atoms with Crippen molar-refractivity contribution in [2.45, 2.75) is 52.9 Å². The molecular weight excluding hydrogens is 270 g/mol. The lowest BCUT2D eigenvalue weighted by molar-refractivity contribution is 0.687. The summed E-state index contributed by atoms with van der Waals surface area (Å²) < 4.78 is 2.21. The average molecular weight is 297 g/mol. The molecule has 1 heterocycles. The number of fused-ring (bicyclic) bond motifs is 1. The van der Waals surface area contributed by atoms with Gasteiger partial charge in [0.25, 0.3) is 0 Å². The lowest BCUT2D eigenvalue weighted by Gasteiger charge is -2.24. The van der Waals surface area contributed by atoms with E-state index in [0.717, 1.165) is 19.5 Å². The monoisotopic (exact) mass is 297 g/mol. The maximum Gasteiger partial charge on any atom is 0.135 e. The van der Waals surface area contributed by atoms with Crippen LogP contribution in [0.5, 0.6) is 0 Å². The van der Waals surface area contributed by atoms with Crippen molar-refractivity contribution in [2.24, 2.45) is 0 Å². The van der Waals surface area contributed by atoms with Crippen molar-refractivity contribution in [3.05, 3.63) is 41.1 Å². The molecule has 0 bridgehead atoms. The molecule has 0 saturated carbocycles. The van der Waals surface area contributed by atoms with Gasteiger partial charge >= 0.3 is 0 Å². The molecule has 1 aliphatic carbocycles. The van der Waals surface area contributed by atoms with Crippen molar-refractivity contribution >= 4 is 5.82 Å². The van der Waals surface area contributed by atoms with Gasteiger partial charge in [-0.05, 0) is 58.1 Å². The Balaban J connectivity index is 2.19. The Morgan fingerprint density at radius 2 is 1.77 bits per heavy atom. The maximum absolute atomic E-state index is 5.03. The molecule has 0 saturated heterocycles. The molecular formula is C19H27N3. The largest absolute Gasteiger partial charge is 0.357 e. The maximum atomic E-state index is 5.03. The Morgan fingerprint density at radius 3 is 2.50 bits per heavy atom. The van der Waals surface area contributed by atoms with Crippen LogP contribution in [0, 0.1) is 6.92 Å². The zero-order valence-electron chi connectivity index (χ0n) is 14.1. The van der Waals surface area contributed by atoms with Crippen LogP contribution in [0.15, 0.2) is 24.3 Å². The van der Waals surface area contributed by atoms with Crippen LogP contribution in [0.25, 0.3) is 5.69 Å². The molecule has 3 rings (SSSR count). The molecule has 0 N–H and O–H groups in total. The van der Waals surface area contributed by atoms with Crippen LogP contribution < -0.4 is 4.90 Å². The van der Waals surface area contributed by atoms with E-state index in [2.05, 4.69) is 54.6 Å². The third-order valence-electron chi connectivity index (χ3n) is 4.79. The summed E-state index contributed by atoms with van der Waals surface area (Å²) >= 11 is 0. The van der Waals surface area contributed by atoms with Gasteiger partial charge in [0, 0.05) is 18.7 Å². The quantitative estimate of drug-likeness (QED) is 0.785. The van der Waals surface area contributed by atoms with E-state index in [1.807, 2.05) is 0 Å². The molecule has 1 aliphatic rings. The summed E-state index contributed by atoms with van der Waals surface area (Å²) in [7, 11) is 0. The first-order valence-electron chi connectivity index (χ1n) is 8.68. The third-order valence-corrected chi connectivity index (χ3v) is 4.79. The number of nitrogens with zero attached hydrogens (tertiary/aromatic N) is 3. The highest BCUT2D eigenvalue weighted by Gasteiger charge is 2.23. The van der Waals surface area contributed by atoms with Gasteiger partial charge in [0.2, 0.25) is 0 Å². The zero-order chi connectivity index (χ0) is 15.5. The minimum atomic E-state index is 1.03. The Bertz CT molecular complexity index is 638. The Hall–Kier alpha value is -1.77. The molecule has 0 unspecified atom stereocenters. The number of para-hydroxylation sites is 1. The van der Waals surface area contributed by atoms with Crippen LogP contribution in [-0.2, 0) is 12.8 Å². The predicted octanol–water partition coefficient (Wildman–Crippen LogP) is 4.30. The van der Waals surface area contributed by atoms with E-state index < -0.39 is 0 Å². The fourth-order valence-corrected chi connectivity index (χ4v) is 3.53. The predicted molar refractivity (Wildman–Crippen MR) is 93.1 cm³/mol. The van der Waals surface area contributed by atoms with Crippen LogP contribution in [0.3, 0.4) is 0 Å². The molecule has 0 spiro atoms. The second-order valence-corrected chi connectivity index (χ2v) is 6.18. The minimum absolute atomic E-state index is 1.03. The number of anilines is 1. The topological polar surface area (TPSA) is 21.1 Å². The lowest BCUT2D eigenvalue weighted by atomic mass is 10.1. The second-order valence-electron chi connectivity index (χ2n) is 6.18. The van der Waals surface area contributed by atoms with Crippen LogP contribution in [0.2, 0.25) is 0 Å². The second kappa shape index (κ2) is 6.55. The van der Waals surface area contributed by atoms with Crippen LogP contribution in [0.4, 0.5) is 5.82 Å². The molecule has 0 fully saturated rings. The standard InChI is InChI=1S/C19H27N3/c1-4-21(5-2)19-16-12-7-6-8-13-17(16)20-22(19)18-14-10-9-11-15(18)3/h9-11,14H,4-8,12-13H2,1-3H3. The molecule has 3 heteroatoms. The molecule has 0 radical (unpaired) electrons. The summed E-state index contributed by atoms with van der Waals surface area (Å²) in [6, 6.07) is 8.58. The number of rotatable bonds is 4. The summed E-state index contributed by atoms with van der Waals surface area (Å²) in [5.74, 6) is 1.33. The average Bonchev–Trinajstić information content (AvgIpc) is 2.73. The molecule has 118 valence electrons. The van der Waals surface area contributed by atoms with Crippen molar-refractivity contribution in [2.75, 3.05) is 18.0 Å². The lowest BCUT2D eigenvalue weighted by Crippen LogP contribution is -2.26. The van der Waals surface area contributed by atoms with Crippen LogP contribution >= 0.6 is 0 Å². The summed E-state index contributed by atoms with van der Waals surface area (Å²) in [5, 5.41) is 5.03. The first-order valence-corrected chi connectivity index (χ1v) is 8.68. The normalized spacial score (nSPS) is 14.5. The highest BCUT2D eigenvalue weighted by molar-refractivity contribution is 5.57. The fourth-order valence-electron chi connectivity index (χ4n) is 3.53. The van der Waals surface area contributed by atoms with Gasteiger partial charge in [-0.2, -0.15) is 5.10 Å². The molecule has 2 aromatic rings. The van der Waals surface area contributed by atoms with Gasteiger partial charge in [0.15, 0.2) is 0 Å². The molecule has 0 amide bonds. The van der Waals surface area contributed by atoms with E-state index in [1.165, 1.54) is 54.0 Å². The number of hydrogen-bond acceptors (Lipinski definition) is 2. The molecule has 3 nitrogen and oxygen atoms in total. The van der Waals surface area contributed by atoms with Gasteiger partial charge in [-0.25, -0.2) is 4.68 Å². The van der Waals surface area contributed by atoms with Crippen LogP contribution in [0.1, 0.15) is 49.9 Å². The number of aryl methyl sites for hydroxylation is 2. The van der Waals surface area contributed by atoms with Gasteiger partial charge in [0.1, 0.15) is 5.82 Å². The Morgan fingerprint density at radius 1 is 1.05 bits per heavy atom. The molecule has 22 heavy (non-hydrogen) atoms. The van der Waals surface area contributed by atoms with Gasteiger partial charge < -0.3 is 4.90 Å². The summed E-state index contributed by atoms with van der Waals surface area (Å²) in [4.78, 5) is 2.46. The van der Waals surface area contributed by atoms with Crippen LogP contribution in [-0.4, -0.2) is 22.9 Å². The zero-order valence-corrected chi connectivity index (χ0v) is 14.1. The molecule has 1 aromatic heterocycles. The highest BCUT2D eigenvalue weighted by atomic mass is 15.4. The SMILES string of the molecule is CCN(CC)c1c2c(nn1-c1ccccc1C)CCCCC2. The van der Waals surface area contributed by atoms with Crippen molar-refractivity contribution in [3.8, 4) is 5.69 Å². The highest BCUT2D eigenvalue weighted by Crippen LogP contribution is 2.32.